The van der Waals surface area contributed by atoms with Gasteiger partial charge in [0.2, 0.25) is 10.0 Å². The first-order valence-corrected chi connectivity index (χ1v) is 11.2. The SMILES string of the molecule is COCCCNS(=O)(=O)C1CON(C)C1c1cccc(Oc2ccc(Cl)cc2)c1. The summed E-state index contributed by atoms with van der Waals surface area (Å²) < 4.78 is 39.2. The van der Waals surface area contributed by atoms with Gasteiger partial charge in [0.1, 0.15) is 16.7 Å². The number of hydroxylamine groups is 2. The normalized spacial score (nSPS) is 20.1. The number of nitrogens with one attached hydrogen (secondary N) is 1. The van der Waals surface area contributed by atoms with Crippen LogP contribution in [0.15, 0.2) is 48.5 Å². The summed E-state index contributed by atoms with van der Waals surface area (Å²) in [4.78, 5) is 5.55. The van der Waals surface area contributed by atoms with Crippen molar-refractivity contribution < 1.29 is 22.7 Å². The molecule has 3 rings (SSSR count). The summed E-state index contributed by atoms with van der Waals surface area (Å²) in [6.07, 6.45) is 0.605. The highest BCUT2D eigenvalue weighted by molar-refractivity contribution is 7.90. The van der Waals surface area contributed by atoms with E-state index in [2.05, 4.69) is 4.72 Å². The average molecular weight is 441 g/mol. The second kappa shape index (κ2) is 9.88. The zero-order valence-electron chi connectivity index (χ0n) is 16.4. The summed E-state index contributed by atoms with van der Waals surface area (Å²) in [6, 6.07) is 13.9. The molecule has 1 fully saturated rings. The maximum absolute atomic E-state index is 12.8. The van der Waals surface area contributed by atoms with E-state index in [0.29, 0.717) is 36.1 Å². The highest BCUT2D eigenvalue weighted by atomic mass is 35.5. The molecule has 0 amide bonds. The van der Waals surface area contributed by atoms with Gasteiger partial charge in [-0.05, 0) is 48.4 Å². The van der Waals surface area contributed by atoms with E-state index in [1.165, 1.54) is 0 Å². The molecule has 7 nitrogen and oxygen atoms in total. The van der Waals surface area contributed by atoms with Crippen molar-refractivity contribution in [1.82, 2.24) is 9.79 Å². The van der Waals surface area contributed by atoms with Crippen LogP contribution in [0.2, 0.25) is 5.02 Å². The minimum absolute atomic E-state index is 0.0864. The summed E-state index contributed by atoms with van der Waals surface area (Å²) >= 11 is 5.91. The fourth-order valence-electron chi connectivity index (χ4n) is 3.22. The topological polar surface area (TPSA) is 77.1 Å². The van der Waals surface area contributed by atoms with Gasteiger partial charge in [-0.15, -0.1) is 0 Å². The van der Waals surface area contributed by atoms with Crippen LogP contribution in [0.1, 0.15) is 18.0 Å². The Balaban J connectivity index is 1.77. The molecule has 29 heavy (non-hydrogen) atoms. The first kappa shape index (κ1) is 22.0. The van der Waals surface area contributed by atoms with Crippen LogP contribution in [-0.4, -0.2) is 52.6 Å². The maximum Gasteiger partial charge on any atom is 0.218 e. The van der Waals surface area contributed by atoms with E-state index in [0.717, 1.165) is 5.56 Å². The molecule has 1 N–H and O–H groups in total. The highest BCUT2D eigenvalue weighted by Crippen LogP contribution is 2.35. The molecular formula is C20H25ClN2O5S. The highest BCUT2D eigenvalue weighted by Gasteiger charge is 2.43. The van der Waals surface area contributed by atoms with E-state index < -0.39 is 21.3 Å². The molecular weight excluding hydrogens is 416 g/mol. The Morgan fingerprint density at radius 1 is 1.21 bits per heavy atom. The number of hydrogen-bond acceptors (Lipinski definition) is 6. The van der Waals surface area contributed by atoms with Gasteiger partial charge in [-0.25, -0.2) is 13.1 Å². The van der Waals surface area contributed by atoms with Gasteiger partial charge in [0.15, 0.2) is 0 Å². The molecule has 2 atom stereocenters. The molecule has 0 aliphatic carbocycles. The number of ether oxygens (including phenoxy) is 2. The molecule has 2 aromatic rings. The standard InChI is InChI=1S/C20H25ClN2O5S/c1-23-20(19(14-27-23)29(24,25)22-11-4-12-26-2)15-5-3-6-18(13-15)28-17-9-7-16(21)8-10-17/h3,5-10,13,19-20,22H,4,11-12,14H2,1-2H3. The van der Waals surface area contributed by atoms with Gasteiger partial charge in [-0.3, -0.25) is 4.84 Å². The van der Waals surface area contributed by atoms with Crippen molar-refractivity contribution >= 4 is 21.6 Å². The zero-order valence-corrected chi connectivity index (χ0v) is 17.9. The van der Waals surface area contributed by atoms with E-state index in [-0.39, 0.29) is 6.61 Å². The zero-order chi connectivity index (χ0) is 20.9. The van der Waals surface area contributed by atoms with Gasteiger partial charge in [0.05, 0.1) is 12.6 Å². The van der Waals surface area contributed by atoms with Gasteiger partial charge in [-0.1, -0.05) is 23.7 Å². The Labute approximate surface area is 176 Å². The molecule has 0 aromatic heterocycles. The van der Waals surface area contributed by atoms with Crippen molar-refractivity contribution in [3.05, 3.63) is 59.1 Å². The quantitative estimate of drug-likeness (QED) is 0.602. The number of hydrogen-bond donors (Lipinski definition) is 1. The molecule has 1 aliphatic rings. The minimum Gasteiger partial charge on any atom is -0.457 e. The molecule has 1 saturated heterocycles. The monoisotopic (exact) mass is 440 g/mol. The number of sulfonamides is 1. The lowest BCUT2D eigenvalue weighted by Crippen LogP contribution is -2.39. The van der Waals surface area contributed by atoms with Crippen molar-refractivity contribution in [1.29, 1.82) is 0 Å². The Morgan fingerprint density at radius 3 is 2.69 bits per heavy atom. The van der Waals surface area contributed by atoms with Gasteiger partial charge in [-0.2, -0.15) is 5.06 Å². The predicted molar refractivity (Wildman–Crippen MR) is 112 cm³/mol. The Kier molecular flexibility index (Phi) is 7.50. The number of halogens is 1. The summed E-state index contributed by atoms with van der Waals surface area (Å²) in [7, 11) is -0.254. The van der Waals surface area contributed by atoms with E-state index >= 15 is 0 Å². The van der Waals surface area contributed by atoms with E-state index in [1.54, 1.807) is 43.5 Å². The Morgan fingerprint density at radius 2 is 1.97 bits per heavy atom. The third kappa shape index (κ3) is 5.69. The average Bonchev–Trinajstić information content (AvgIpc) is 3.10. The van der Waals surface area contributed by atoms with Gasteiger partial charge in [0, 0.05) is 32.3 Å². The van der Waals surface area contributed by atoms with Crippen LogP contribution in [-0.2, 0) is 19.6 Å². The second-order valence-corrected chi connectivity index (χ2v) is 9.16. The summed E-state index contributed by atoms with van der Waals surface area (Å²) in [5.74, 6) is 1.25. The number of benzene rings is 2. The third-order valence-corrected chi connectivity index (χ3v) is 6.71. The Bertz CT molecular complexity index is 907. The van der Waals surface area contributed by atoms with Gasteiger partial charge >= 0.3 is 0 Å². The third-order valence-electron chi connectivity index (χ3n) is 4.66. The summed E-state index contributed by atoms with van der Waals surface area (Å²) in [5, 5.41) is 1.48. The van der Waals surface area contributed by atoms with Crippen LogP contribution >= 0.6 is 11.6 Å². The van der Waals surface area contributed by atoms with Gasteiger partial charge < -0.3 is 9.47 Å². The first-order chi connectivity index (χ1) is 13.9. The number of methoxy groups -OCH3 is 1. The molecule has 158 valence electrons. The van der Waals surface area contributed by atoms with Crippen LogP contribution in [0.4, 0.5) is 0 Å². The van der Waals surface area contributed by atoms with Crippen LogP contribution in [0, 0.1) is 0 Å². The van der Waals surface area contributed by atoms with E-state index in [4.69, 9.17) is 25.9 Å². The number of nitrogens with zero attached hydrogens (tertiary/aromatic N) is 1. The molecule has 0 spiro atoms. The van der Waals surface area contributed by atoms with Crippen molar-refractivity contribution in [3.63, 3.8) is 0 Å². The van der Waals surface area contributed by atoms with Crippen molar-refractivity contribution in [2.75, 3.05) is 33.9 Å². The van der Waals surface area contributed by atoms with E-state index in [9.17, 15) is 8.42 Å². The number of rotatable bonds is 9. The lowest BCUT2D eigenvalue weighted by Gasteiger charge is -2.23. The van der Waals surface area contributed by atoms with Crippen LogP contribution in [0.3, 0.4) is 0 Å². The minimum atomic E-state index is -3.57. The summed E-state index contributed by atoms with van der Waals surface area (Å²) in [5.41, 5.74) is 0.795. The van der Waals surface area contributed by atoms with Crippen molar-refractivity contribution in [2.45, 2.75) is 17.7 Å². The molecule has 1 aliphatic heterocycles. The molecule has 0 radical (unpaired) electrons. The fourth-order valence-corrected chi connectivity index (χ4v) is 4.90. The van der Waals surface area contributed by atoms with Crippen molar-refractivity contribution in [2.24, 2.45) is 0 Å². The predicted octanol–water partition coefficient (Wildman–Crippen LogP) is 3.37. The van der Waals surface area contributed by atoms with Crippen LogP contribution < -0.4 is 9.46 Å². The lowest BCUT2D eigenvalue weighted by atomic mass is 10.0. The van der Waals surface area contributed by atoms with Crippen LogP contribution in [0.5, 0.6) is 11.5 Å². The molecule has 1 heterocycles. The molecule has 0 saturated carbocycles. The first-order valence-electron chi connectivity index (χ1n) is 9.27. The smallest absolute Gasteiger partial charge is 0.218 e. The molecule has 2 unspecified atom stereocenters. The second-order valence-electron chi connectivity index (χ2n) is 6.74. The maximum atomic E-state index is 12.8. The lowest BCUT2D eigenvalue weighted by molar-refractivity contribution is -0.110. The Hall–Kier alpha value is -1.68. The van der Waals surface area contributed by atoms with Crippen molar-refractivity contribution in [3.8, 4) is 11.5 Å². The van der Waals surface area contributed by atoms with E-state index in [1.807, 2.05) is 24.3 Å². The molecule has 2 aromatic carbocycles. The van der Waals surface area contributed by atoms with Gasteiger partial charge in [0.25, 0.3) is 0 Å². The fraction of sp³-hybridized carbons (Fsp3) is 0.400. The molecule has 9 heteroatoms. The molecule has 0 bridgehead atoms. The summed E-state index contributed by atoms with van der Waals surface area (Å²) in [6.45, 7) is 0.906. The largest absolute Gasteiger partial charge is 0.457 e. The van der Waals surface area contributed by atoms with Crippen LogP contribution in [0.25, 0.3) is 0 Å².